The molecule has 0 fully saturated rings. The number of allylic oxidation sites excluding steroid dienone is 3. The second-order valence-corrected chi connectivity index (χ2v) is 11.6. The Bertz CT molecular complexity index is 1120. The molecule has 0 saturated carbocycles. The molecule has 5 heteroatoms. The van der Waals surface area contributed by atoms with Crippen molar-refractivity contribution >= 4 is 22.8 Å². The Labute approximate surface area is 195 Å². The summed E-state index contributed by atoms with van der Waals surface area (Å²) in [6, 6.07) is 6.70. The first-order valence-electron chi connectivity index (χ1n) is 11.4. The highest BCUT2D eigenvalue weighted by atomic mass is 32.2. The van der Waals surface area contributed by atoms with Crippen LogP contribution in [-0.2, 0) is 16.5 Å². The summed E-state index contributed by atoms with van der Waals surface area (Å²) in [5.74, 6) is 0.158. The molecule has 2 aliphatic carbocycles. The van der Waals surface area contributed by atoms with E-state index in [4.69, 9.17) is 0 Å². The van der Waals surface area contributed by atoms with Gasteiger partial charge in [0.25, 0.3) is 0 Å². The van der Waals surface area contributed by atoms with Gasteiger partial charge in [-0.25, -0.2) is 4.21 Å². The molecule has 0 spiro atoms. The Morgan fingerprint density at radius 3 is 2.31 bits per heavy atom. The van der Waals surface area contributed by atoms with Crippen molar-refractivity contribution in [1.82, 2.24) is 4.90 Å². The minimum absolute atomic E-state index is 0.152. The zero-order valence-electron chi connectivity index (χ0n) is 20.6. The lowest BCUT2D eigenvalue weighted by Gasteiger charge is -2.55. The van der Waals surface area contributed by atoms with Gasteiger partial charge in [-0.15, -0.1) is 0 Å². The normalized spacial score (nSPS) is 26.5. The number of fused-ring (bicyclic) bond motifs is 3. The van der Waals surface area contributed by atoms with E-state index in [1.807, 2.05) is 0 Å². The van der Waals surface area contributed by atoms with E-state index in [1.54, 1.807) is 0 Å². The van der Waals surface area contributed by atoms with Crippen LogP contribution in [0.25, 0.3) is 6.08 Å². The quantitative estimate of drug-likeness (QED) is 0.629. The molecule has 1 aliphatic heterocycles. The van der Waals surface area contributed by atoms with Gasteiger partial charge in [-0.3, -0.25) is 4.90 Å². The predicted molar refractivity (Wildman–Crippen MR) is 137 cm³/mol. The van der Waals surface area contributed by atoms with E-state index < -0.39 is 11.1 Å². The molecule has 2 atom stereocenters. The van der Waals surface area contributed by atoms with Gasteiger partial charge in [-0.2, -0.15) is 0 Å². The summed E-state index contributed by atoms with van der Waals surface area (Å²) in [5.41, 5.74) is 7.72. The Kier molecular flexibility index (Phi) is 5.47. The zero-order chi connectivity index (χ0) is 23.6. The van der Waals surface area contributed by atoms with Gasteiger partial charge in [-0.05, 0) is 85.0 Å². The first-order chi connectivity index (χ1) is 14.8. The maximum absolute atomic E-state index is 11.8. The third-order valence-corrected chi connectivity index (χ3v) is 8.08. The SMILES string of the molecule is CCN1C(C)(C)C=C(CS(=O)O)C2=CC3=Cc4ccc(N(C)C)cc4C(C)(C)C3=CC21C. The number of nitrogens with zero attached hydrogens (tertiary/aromatic N) is 2. The highest BCUT2D eigenvalue weighted by Crippen LogP contribution is 2.52. The first-order valence-corrected chi connectivity index (χ1v) is 12.7. The summed E-state index contributed by atoms with van der Waals surface area (Å²) in [4.78, 5) is 4.65. The Morgan fingerprint density at radius 2 is 1.72 bits per heavy atom. The highest BCUT2D eigenvalue weighted by Gasteiger charge is 2.49. The standard InChI is InChI=1S/C27H36N2O2S/c1-9-29-25(2,3)15-20(17-32(30)31)23-13-19-12-18-10-11-21(28(7)8)14-22(18)26(4,5)24(19)16-27(23,29)6/h10-16H,9,17H2,1-8H3,(H,30,31). The molecule has 4 nitrogen and oxygen atoms in total. The van der Waals surface area contributed by atoms with Crippen molar-refractivity contribution < 1.29 is 8.76 Å². The summed E-state index contributed by atoms with van der Waals surface area (Å²) in [6.07, 6.45) is 9.17. The molecular weight excluding hydrogens is 416 g/mol. The van der Waals surface area contributed by atoms with Crippen molar-refractivity contribution in [3.8, 4) is 0 Å². The van der Waals surface area contributed by atoms with Gasteiger partial charge in [0.05, 0.1) is 11.3 Å². The van der Waals surface area contributed by atoms with E-state index in [9.17, 15) is 8.76 Å². The molecule has 2 unspecified atom stereocenters. The number of hydrogen-bond donors (Lipinski definition) is 1. The molecule has 32 heavy (non-hydrogen) atoms. The van der Waals surface area contributed by atoms with Gasteiger partial charge in [0.1, 0.15) is 0 Å². The van der Waals surface area contributed by atoms with Gasteiger partial charge < -0.3 is 9.45 Å². The molecule has 0 bridgehead atoms. The van der Waals surface area contributed by atoms with Crippen molar-refractivity contribution in [3.05, 3.63) is 69.8 Å². The molecule has 1 N–H and O–H groups in total. The van der Waals surface area contributed by atoms with Crippen molar-refractivity contribution in [2.75, 3.05) is 31.3 Å². The monoisotopic (exact) mass is 452 g/mol. The van der Waals surface area contributed by atoms with Crippen LogP contribution in [0, 0.1) is 0 Å². The van der Waals surface area contributed by atoms with Crippen molar-refractivity contribution in [2.45, 2.75) is 58.0 Å². The average molecular weight is 453 g/mol. The van der Waals surface area contributed by atoms with Gasteiger partial charge >= 0.3 is 0 Å². The van der Waals surface area contributed by atoms with Gasteiger partial charge in [0, 0.05) is 30.7 Å². The minimum Gasteiger partial charge on any atom is -0.378 e. The maximum Gasteiger partial charge on any atom is 0.157 e. The fraction of sp³-hybridized carbons (Fsp3) is 0.481. The third-order valence-electron chi connectivity index (χ3n) is 7.52. The van der Waals surface area contributed by atoms with E-state index in [0.29, 0.717) is 0 Å². The Hall–Kier alpha value is -1.95. The summed E-state index contributed by atoms with van der Waals surface area (Å²) >= 11 is -1.88. The Balaban J connectivity index is 1.97. The van der Waals surface area contributed by atoms with Crippen LogP contribution in [0.5, 0.6) is 0 Å². The van der Waals surface area contributed by atoms with Crippen LogP contribution in [0.4, 0.5) is 5.69 Å². The molecule has 0 saturated heterocycles. The molecule has 1 aromatic carbocycles. The smallest absolute Gasteiger partial charge is 0.157 e. The number of hydrogen-bond acceptors (Lipinski definition) is 3. The second kappa shape index (κ2) is 7.54. The van der Waals surface area contributed by atoms with Crippen LogP contribution in [0.1, 0.15) is 52.7 Å². The van der Waals surface area contributed by atoms with E-state index in [2.05, 4.69) is 108 Å². The number of likely N-dealkylation sites (N-methyl/N-ethyl adjacent to an activating group) is 1. The molecule has 0 amide bonds. The van der Waals surface area contributed by atoms with Crippen LogP contribution in [0.2, 0.25) is 0 Å². The first kappa shape index (κ1) is 23.2. The number of rotatable bonds is 4. The number of benzene rings is 1. The third kappa shape index (κ3) is 3.46. The van der Waals surface area contributed by atoms with Crippen LogP contribution >= 0.6 is 0 Å². The van der Waals surface area contributed by atoms with E-state index in [1.165, 1.54) is 28.0 Å². The molecule has 0 aromatic heterocycles. The average Bonchev–Trinajstić information content (AvgIpc) is 2.66. The molecule has 1 heterocycles. The molecule has 172 valence electrons. The largest absolute Gasteiger partial charge is 0.378 e. The summed E-state index contributed by atoms with van der Waals surface area (Å²) in [6.45, 7) is 14.4. The topological polar surface area (TPSA) is 43.8 Å². The molecular formula is C27H36N2O2S. The molecule has 3 aliphatic rings. The van der Waals surface area contributed by atoms with E-state index in [0.717, 1.165) is 17.7 Å². The van der Waals surface area contributed by atoms with Crippen molar-refractivity contribution in [2.24, 2.45) is 0 Å². The van der Waals surface area contributed by atoms with Gasteiger partial charge in [0.15, 0.2) is 11.1 Å². The Morgan fingerprint density at radius 1 is 1.03 bits per heavy atom. The lowest BCUT2D eigenvalue weighted by atomic mass is 9.62. The van der Waals surface area contributed by atoms with E-state index >= 15 is 0 Å². The molecule has 1 aromatic rings. The lowest BCUT2D eigenvalue weighted by molar-refractivity contribution is 0.0834. The van der Waals surface area contributed by atoms with Crippen LogP contribution in [0.15, 0.2) is 58.7 Å². The zero-order valence-corrected chi connectivity index (χ0v) is 21.4. The summed E-state index contributed by atoms with van der Waals surface area (Å²) < 4.78 is 21.6. The second-order valence-electron chi connectivity index (χ2n) is 10.7. The molecule has 4 rings (SSSR count). The van der Waals surface area contributed by atoms with Crippen LogP contribution in [0.3, 0.4) is 0 Å². The number of anilines is 1. The van der Waals surface area contributed by atoms with E-state index in [-0.39, 0.29) is 22.2 Å². The predicted octanol–water partition coefficient (Wildman–Crippen LogP) is 5.31. The van der Waals surface area contributed by atoms with Crippen molar-refractivity contribution in [1.29, 1.82) is 0 Å². The van der Waals surface area contributed by atoms with Crippen LogP contribution in [-0.4, -0.2) is 51.1 Å². The van der Waals surface area contributed by atoms with Gasteiger partial charge in [-0.1, -0.05) is 39.0 Å². The minimum atomic E-state index is -1.88. The summed E-state index contributed by atoms with van der Waals surface area (Å²) in [5, 5.41) is 0. The van der Waals surface area contributed by atoms with Crippen molar-refractivity contribution in [3.63, 3.8) is 0 Å². The van der Waals surface area contributed by atoms with Crippen LogP contribution < -0.4 is 4.90 Å². The highest BCUT2D eigenvalue weighted by molar-refractivity contribution is 7.79. The fourth-order valence-electron chi connectivity index (χ4n) is 6.09. The maximum atomic E-state index is 11.8. The lowest BCUT2D eigenvalue weighted by Crippen LogP contribution is -2.60. The summed E-state index contributed by atoms with van der Waals surface area (Å²) in [7, 11) is 4.16. The fourth-order valence-corrected chi connectivity index (χ4v) is 6.60. The van der Waals surface area contributed by atoms with Gasteiger partial charge in [0.2, 0.25) is 0 Å². The molecule has 0 radical (unpaired) electrons.